The van der Waals surface area contributed by atoms with Gasteiger partial charge in [-0.15, -0.1) is 6.58 Å². The summed E-state index contributed by atoms with van der Waals surface area (Å²) in [4.78, 5) is 41.4. The highest BCUT2D eigenvalue weighted by Gasteiger charge is 2.55. The molecule has 4 atom stereocenters. The predicted molar refractivity (Wildman–Crippen MR) is 122 cm³/mol. The molecule has 0 radical (unpaired) electrons. The van der Waals surface area contributed by atoms with E-state index in [0.29, 0.717) is 0 Å². The van der Waals surface area contributed by atoms with Gasteiger partial charge in [0.05, 0.1) is 25.0 Å². The quantitative estimate of drug-likeness (QED) is 0.511. The van der Waals surface area contributed by atoms with Crippen molar-refractivity contribution in [2.45, 2.75) is 32.4 Å². The van der Waals surface area contributed by atoms with Crippen LogP contribution in [0.15, 0.2) is 73.3 Å². The minimum absolute atomic E-state index is 0.137. The van der Waals surface area contributed by atoms with Gasteiger partial charge in [0.2, 0.25) is 11.8 Å². The minimum atomic E-state index is -0.800. The van der Waals surface area contributed by atoms with E-state index in [2.05, 4.69) is 11.9 Å². The number of likely N-dealkylation sites (tertiary alicyclic amines) is 1. The first-order valence-electron chi connectivity index (χ1n) is 10.9. The molecule has 0 bridgehead atoms. The molecule has 1 aliphatic heterocycles. The van der Waals surface area contributed by atoms with Crippen molar-refractivity contribution in [3.05, 3.63) is 84.4 Å². The van der Waals surface area contributed by atoms with Gasteiger partial charge in [-0.3, -0.25) is 14.4 Å². The Hall–Kier alpha value is -3.41. The lowest BCUT2D eigenvalue weighted by atomic mass is 9.85. The molecule has 0 saturated carbocycles. The van der Waals surface area contributed by atoms with Crippen LogP contribution in [0.3, 0.4) is 0 Å². The molecule has 6 nitrogen and oxygen atoms in total. The fourth-order valence-corrected chi connectivity index (χ4v) is 4.50. The van der Waals surface area contributed by atoms with E-state index in [0.717, 1.165) is 11.1 Å². The Morgan fingerprint density at radius 2 is 1.69 bits per heavy atom. The molecule has 168 valence electrons. The fourth-order valence-electron chi connectivity index (χ4n) is 4.50. The Morgan fingerprint density at radius 1 is 1.06 bits per heavy atom. The summed E-state index contributed by atoms with van der Waals surface area (Å²) in [5.74, 6) is -1.99. The van der Waals surface area contributed by atoms with E-state index in [9.17, 15) is 14.4 Å². The molecule has 1 aliphatic rings. The second-order valence-electron chi connectivity index (χ2n) is 7.93. The smallest absolute Gasteiger partial charge is 0.311 e. The van der Waals surface area contributed by atoms with Crippen molar-refractivity contribution in [3.63, 3.8) is 0 Å². The standard InChI is InChI=1S/C26H30N2O4/c1-4-16-27-25(30)23-18(3)22(26(31)32-5-2)24(20-14-10-7-11-15-20)28(23)21(29)17-19-12-8-6-9-13-19/h4,6-15,18,22-24H,1,5,16-17H2,2-3H3,(H,27,30). The van der Waals surface area contributed by atoms with Crippen LogP contribution in [0.4, 0.5) is 0 Å². The van der Waals surface area contributed by atoms with E-state index in [1.807, 2.05) is 67.6 Å². The largest absolute Gasteiger partial charge is 0.466 e. The summed E-state index contributed by atoms with van der Waals surface area (Å²) in [5.41, 5.74) is 1.65. The number of benzene rings is 2. The predicted octanol–water partition coefficient (Wildman–Crippen LogP) is 3.30. The average Bonchev–Trinajstić information content (AvgIpc) is 3.12. The van der Waals surface area contributed by atoms with Crippen molar-refractivity contribution in [1.82, 2.24) is 10.2 Å². The van der Waals surface area contributed by atoms with Gasteiger partial charge in [-0.1, -0.05) is 73.7 Å². The molecule has 6 heteroatoms. The summed E-state index contributed by atoms with van der Waals surface area (Å²) in [6, 6.07) is 17.4. The Morgan fingerprint density at radius 3 is 2.28 bits per heavy atom. The molecule has 32 heavy (non-hydrogen) atoms. The highest BCUT2D eigenvalue weighted by atomic mass is 16.5. The molecule has 2 amide bonds. The van der Waals surface area contributed by atoms with Gasteiger partial charge in [-0.2, -0.15) is 0 Å². The second-order valence-corrected chi connectivity index (χ2v) is 7.93. The molecule has 0 spiro atoms. The minimum Gasteiger partial charge on any atom is -0.466 e. The van der Waals surface area contributed by atoms with E-state index in [4.69, 9.17) is 4.74 Å². The Labute approximate surface area is 189 Å². The number of ether oxygens (including phenoxy) is 1. The molecular weight excluding hydrogens is 404 g/mol. The number of carbonyl (C=O) groups excluding carboxylic acids is 3. The molecule has 2 aromatic rings. The van der Waals surface area contributed by atoms with Gasteiger partial charge in [0, 0.05) is 12.5 Å². The average molecular weight is 435 g/mol. The molecule has 0 aromatic heterocycles. The molecule has 2 aromatic carbocycles. The van der Waals surface area contributed by atoms with Gasteiger partial charge < -0.3 is 15.0 Å². The normalized spacial score (nSPS) is 22.2. The summed E-state index contributed by atoms with van der Waals surface area (Å²) in [5, 5.41) is 2.81. The van der Waals surface area contributed by atoms with Crippen LogP contribution in [0.2, 0.25) is 0 Å². The molecule has 1 N–H and O–H groups in total. The van der Waals surface area contributed by atoms with E-state index in [-0.39, 0.29) is 31.4 Å². The molecule has 1 fully saturated rings. The molecule has 3 rings (SSSR count). The lowest BCUT2D eigenvalue weighted by Gasteiger charge is -2.31. The monoisotopic (exact) mass is 434 g/mol. The van der Waals surface area contributed by atoms with Crippen molar-refractivity contribution >= 4 is 17.8 Å². The van der Waals surface area contributed by atoms with Crippen molar-refractivity contribution in [3.8, 4) is 0 Å². The fraction of sp³-hybridized carbons (Fsp3) is 0.346. The van der Waals surface area contributed by atoms with Crippen LogP contribution in [-0.2, 0) is 25.5 Å². The first kappa shape index (κ1) is 23.3. The zero-order chi connectivity index (χ0) is 23.1. The van der Waals surface area contributed by atoms with Gasteiger partial charge in [0.15, 0.2) is 0 Å². The first-order chi connectivity index (χ1) is 15.5. The van der Waals surface area contributed by atoms with Gasteiger partial charge in [0.1, 0.15) is 6.04 Å². The molecular formula is C26H30N2O4. The lowest BCUT2D eigenvalue weighted by molar-refractivity contribution is -0.150. The zero-order valence-corrected chi connectivity index (χ0v) is 18.6. The number of carbonyl (C=O) groups is 3. The number of hydrogen-bond acceptors (Lipinski definition) is 4. The Kier molecular flexibility index (Phi) is 7.82. The van der Waals surface area contributed by atoms with Crippen LogP contribution in [-0.4, -0.2) is 41.9 Å². The second kappa shape index (κ2) is 10.8. The Bertz CT molecular complexity index is 945. The molecule has 0 aliphatic carbocycles. The third-order valence-electron chi connectivity index (χ3n) is 5.88. The van der Waals surface area contributed by atoms with Gasteiger partial charge in [-0.25, -0.2) is 0 Å². The molecule has 4 unspecified atom stereocenters. The van der Waals surface area contributed by atoms with Crippen LogP contribution in [0.5, 0.6) is 0 Å². The number of esters is 1. The summed E-state index contributed by atoms with van der Waals surface area (Å²) < 4.78 is 5.38. The maximum Gasteiger partial charge on any atom is 0.311 e. The van der Waals surface area contributed by atoms with Crippen molar-refractivity contribution < 1.29 is 19.1 Å². The van der Waals surface area contributed by atoms with Crippen LogP contribution < -0.4 is 5.32 Å². The maximum atomic E-state index is 13.6. The van der Waals surface area contributed by atoms with E-state index in [1.54, 1.807) is 17.9 Å². The molecule has 1 saturated heterocycles. The SMILES string of the molecule is C=CCNC(=O)C1C(C)C(C(=O)OCC)C(c2ccccc2)N1C(=O)Cc1ccccc1. The zero-order valence-electron chi connectivity index (χ0n) is 18.6. The molecule has 1 heterocycles. The number of amides is 2. The number of hydrogen-bond donors (Lipinski definition) is 1. The van der Waals surface area contributed by atoms with Crippen molar-refractivity contribution in [2.75, 3.05) is 13.2 Å². The van der Waals surface area contributed by atoms with Gasteiger partial charge in [0.25, 0.3) is 0 Å². The summed E-state index contributed by atoms with van der Waals surface area (Å²) in [6.07, 6.45) is 1.73. The number of rotatable bonds is 8. The van der Waals surface area contributed by atoms with Gasteiger partial charge in [-0.05, 0) is 18.1 Å². The van der Waals surface area contributed by atoms with E-state index in [1.165, 1.54) is 0 Å². The summed E-state index contributed by atoms with van der Waals surface area (Å²) >= 11 is 0. The van der Waals surface area contributed by atoms with E-state index < -0.39 is 29.9 Å². The highest BCUT2D eigenvalue weighted by molar-refractivity contribution is 5.92. The summed E-state index contributed by atoms with van der Waals surface area (Å²) in [7, 11) is 0. The first-order valence-corrected chi connectivity index (χ1v) is 10.9. The number of nitrogens with zero attached hydrogens (tertiary/aromatic N) is 1. The highest BCUT2D eigenvalue weighted by Crippen LogP contribution is 2.46. The topological polar surface area (TPSA) is 75.7 Å². The Balaban J connectivity index is 2.07. The lowest BCUT2D eigenvalue weighted by Crippen LogP contribution is -2.49. The van der Waals surface area contributed by atoms with Crippen LogP contribution >= 0.6 is 0 Å². The number of nitrogens with one attached hydrogen (secondary N) is 1. The van der Waals surface area contributed by atoms with Gasteiger partial charge >= 0.3 is 5.97 Å². The third-order valence-corrected chi connectivity index (χ3v) is 5.88. The van der Waals surface area contributed by atoms with E-state index >= 15 is 0 Å². The maximum absolute atomic E-state index is 13.6. The third kappa shape index (κ3) is 4.90. The summed E-state index contributed by atoms with van der Waals surface area (Å²) in [6.45, 7) is 7.75. The van der Waals surface area contributed by atoms with Crippen molar-refractivity contribution in [2.24, 2.45) is 11.8 Å². The van der Waals surface area contributed by atoms with Crippen molar-refractivity contribution in [1.29, 1.82) is 0 Å². The van der Waals surface area contributed by atoms with Crippen LogP contribution in [0.25, 0.3) is 0 Å². The van der Waals surface area contributed by atoms with Crippen LogP contribution in [0.1, 0.15) is 31.0 Å². The van der Waals surface area contributed by atoms with Crippen LogP contribution in [0, 0.1) is 11.8 Å².